The second-order valence-electron chi connectivity index (χ2n) is 4.89. The lowest BCUT2D eigenvalue weighted by Crippen LogP contribution is -1.93. The Labute approximate surface area is 117 Å². The quantitative estimate of drug-likeness (QED) is 0.787. The molecule has 1 unspecified atom stereocenters. The van der Waals surface area contributed by atoms with Crippen molar-refractivity contribution in [3.05, 3.63) is 35.4 Å². The van der Waals surface area contributed by atoms with E-state index in [-0.39, 0.29) is 18.0 Å². The molecule has 1 heterocycles. The molecule has 0 bridgehead atoms. The highest BCUT2D eigenvalue weighted by Crippen LogP contribution is 2.37. The van der Waals surface area contributed by atoms with Gasteiger partial charge >= 0.3 is 0 Å². The minimum atomic E-state index is -0.0638. The third-order valence-corrected chi connectivity index (χ3v) is 4.01. The predicted octanol–water partition coefficient (Wildman–Crippen LogP) is 3.76. The molecule has 1 aliphatic carbocycles. The van der Waals surface area contributed by atoms with Crippen LogP contribution in [0.4, 0.5) is 0 Å². The third-order valence-electron chi connectivity index (χ3n) is 3.53. The first-order valence-electron chi connectivity index (χ1n) is 6.48. The highest BCUT2D eigenvalue weighted by Gasteiger charge is 2.18. The fraction of sp³-hybridized carbons (Fsp3) is 0.400. The Kier molecular flexibility index (Phi) is 3.47. The zero-order valence-electron chi connectivity index (χ0n) is 10.5. The van der Waals surface area contributed by atoms with Crippen molar-refractivity contribution in [3.63, 3.8) is 0 Å². The van der Waals surface area contributed by atoms with E-state index in [1.807, 2.05) is 18.2 Å². The van der Waals surface area contributed by atoms with Crippen LogP contribution in [0.15, 0.2) is 29.8 Å². The average Bonchev–Trinajstić information content (AvgIpc) is 3.03. The molecule has 3 nitrogen and oxygen atoms in total. The summed E-state index contributed by atoms with van der Waals surface area (Å²) in [5, 5.41) is -0.0638. The lowest BCUT2D eigenvalue weighted by atomic mass is 10.0. The van der Waals surface area contributed by atoms with E-state index in [2.05, 4.69) is 0 Å². The summed E-state index contributed by atoms with van der Waals surface area (Å²) in [5.41, 5.74) is 2.26. The van der Waals surface area contributed by atoms with E-state index >= 15 is 0 Å². The molecule has 0 saturated heterocycles. The first kappa shape index (κ1) is 12.5. The van der Waals surface area contributed by atoms with Crippen molar-refractivity contribution < 1.29 is 14.3 Å². The van der Waals surface area contributed by atoms with Crippen molar-refractivity contribution >= 4 is 17.4 Å². The zero-order chi connectivity index (χ0) is 13.2. The molecule has 1 atom stereocenters. The number of ketones is 1. The zero-order valence-corrected chi connectivity index (χ0v) is 11.3. The normalized spacial score (nSPS) is 18.6. The largest absolute Gasteiger partial charge is 0.454 e. The molecule has 0 radical (unpaired) electrons. The third kappa shape index (κ3) is 2.76. The maximum atomic E-state index is 11.2. The first-order valence-corrected chi connectivity index (χ1v) is 6.92. The lowest BCUT2D eigenvalue weighted by molar-refractivity contribution is -0.114. The van der Waals surface area contributed by atoms with Gasteiger partial charge < -0.3 is 9.47 Å². The molecule has 1 aromatic rings. The van der Waals surface area contributed by atoms with E-state index in [9.17, 15) is 4.79 Å². The topological polar surface area (TPSA) is 35.5 Å². The molecule has 0 fully saturated rings. The second-order valence-corrected chi connectivity index (χ2v) is 5.41. The molecular weight excluding hydrogens is 264 g/mol. The van der Waals surface area contributed by atoms with Crippen molar-refractivity contribution in [2.75, 3.05) is 6.79 Å². The maximum Gasteiger partial charge on any atom is 0.231 e. The molecule has 0 N–H and O–H groups in total. The summed E-state index contributed by atoms with van der Waals surface area (Å²) in [5.74, 6) is 1.78. The van der Waals surface area contributed by atoms with E-state index in [4.69, 9.17) is 21.1 Å². The summed E-state index contributed by atoms with van der Waals surface area (Å²) in [7, 11) is 0. The summed E-state index contributed by atoms with van der Waals surface area (Å²) in [6.45, 7) is 0.279. The Bertz CT molecular complexity index is 536. The molecular formula is C15H15ClO3. The average molecular weight is 279 g/mol. The highest BCUT2D eigenvalue weighted by molar-refractivity contribution is 6.20. The van der Waals surface area contributed by atoms with Gasteiger partial charge in [0.05, 0.1) is 5.38 Å². The van der Waals surface area contributed by atoms with Crippen LogP contribution in [-0.4, -0.2) is 12.6 Å². The van der Waals surface area contributed by atoms with Crippen LogP contribution in [0.1, 0.15) is 36.6 Å². The Morgan fingerprint density at radius 3 is 2.84 bits per heavy atom. The number of hydrogen-bond donors (Lipinski definition) is 0. The SMILES string of the molecule is O=C1C=C(CCC(Cl)c2ccc3c(c2)OCO3)CC1. The number of halogens is 1. The Hall–Kier alpha value is -1.48. The van der Waals surface area contributed by atoms with Crippen LogP contribution in [0.3, 0.4) is 0 Å². The van der Waals surface area contributed by atoms with Gasteiger partial charge in [-0.05, 0) is 43.0 Å². The number of carbonyl (C=O) groups excluding carboxylic acids is 1. The number of carbonyl (C=O) groups is 1. The van der Waals surface area contributed by atoms with Crippen molar-refractivity contribution in [2.24, 2.45) is 0 Å². The van der Waals surface area contributed by atoms with Crippen LogP contribution in [0.2, 0.25) is 0 Å². The maximum absolute atomic E-state index is 11.2. The fourth-order valence-corrected chi connectivity index (χ4v) is 2.68. The van der Waals surface area contributed by atoms with E-state index < -0.39 is 0 Å². The first-order chi connectivity index (χ1) is 9.22. The van der Waals surface area contributed by atoms with Crippen LogP contribution < -0.4 is 9.47 Å². The van der Waals surface area contributed by atoms with E-state index in [0.717, 1.165) is 36.3 Å². The number of rotatable bonds is 4. The molecule has 4 heteroatoms. The molecule has 1 aliphatic heterocycles. The van der Waals surface area contributed by atoms with Gasteiger partial charge in [-0.15, -0.1) is 11.6 Å². The van der Waals surface area contributed by atoms with Crippen LogP contribution >= 0.6 is 11.6 Å². The highest BCUT2D eigenvalue weighted by atomic mass is 35.5. The summed E-state index contributed by atoms with van der Waals surface area (Å²) >= 11 is 6.41. The van der Waals surface area contributed by atoms with Gasteiger partial charge in [0.25, 0.3) is 0 Å². The molecule has 0 aromatic heterocycles. The van der Waals surface area contributed by atoms with Crippen molar-refractivity contribution in [2.45, 2.75) is 31.1 Å². The molecule has 0 amide bonds. The van der Waals surface area contributed by atoms with E-state index in [1.54, 1.807) is 6.08 Å². The molecule has 3 rings (SSSR count). The monoisotopic (exact) mass is 278 g/mol. The summed E-state index contributed by atoms with van der Waals surface area (Å²) in [6, 6.07) is 5.80. The van der Waals surface area contributed by atoms with Crippen LogP contribution in [0, 0.1) is 0 Å². The van der Waals surface area contributed by atoms with Gasteiger partial charge in [-0.1, -0.05) is 11.6 Å². The Morgan fingerprint density at radius 1 is 1.21 bits per heavy atom. The molecule has 2 aliphatic rings. The van der Waals surface area contributed by atoms with Gasteiger partial charge in [-0.25, -0.2) is 0 Å². The minimum absolute atomic E-state index is 0.0638. The number of hydrogen-bond acceptors (Lipinski definition) is 3. The minimum Gasteiger partial charge on any atom is -0.454 e. The fourth-order valence-electron chi connectivity index (χ4n) is 2.44. The number of benzene rings is 1. The molecule has 0 spiro atoms. The Morgan fingerprint density at radius 2 is 2.05 bits per heavy atom. The van der Waals surface area contributed by atoms with Crippen molar-refractivity contribution in [3.8, 4) is 11.5 Å². The second kappa shape index (κ2) is 5.25. The van der Waals surface area contributed by atoms with Gasteiger partial charge in [0.1, 0.15) is 0 Å². The smallest absolute Gasteiger partial charge is 0.231 e. The standard InChI is InChI=1S/C15H15ClO3/c16-13(5-2-10-1-4-12(17)7-10)11-3-6-14-15(8-11)19-9-18-14/h3,6-8,13H,1-2,4-5,9H2. The van der Waals surface area contributed by atoms with Gasteiger partial charge in [0.15, 0.2) is 17.3 Å². The number of alkyl halides is 1. The van der Waals surface area contributed by atoms with Crippen LogP contribution in [-0.2, 0) is 4.79 Å². The summed E-state index contributed by atoms with van der Waals surface area (Å²) in [4.78, 5) is 11.2. The van der Waals surface area contributed by atoms with E-state index in [1.165, 1.54) is 5.57 Å². The van der Waals surface area contributed by atoms with Crippen molar-refractivity contribution in [1.82, 2.24) is 0 Å². The lowest BCUT2D eigenvalue weighted by Gasteiger charge is -2.10. The molecule has 1 aromatic carbocycles. The van der Waals surface area contributed by atoms with Gasteiger partial charge in [-0.3, -0.25) is 4.79 Å². The number of allylic oxidation sites excluding steroid dienone is 2. The molecule has 100 valence electrons. The van der Waals surface area contributed by atoms with Crippen LogP contribution in [0.5, 0.6) is 11.5 Å². The van der Waals surface area contributed by atoms with Gasteiger partial charge in [-0.2, -0.15) is 0 Å². The van der Waals surface area contributed by atoms with Crippen LogP contribution in [0.25, 0.3) is 0 Å². The number of ether oxygens (including phenoxy) is 2. The molecule has 19 heavy (non-hydrogen) atoms. The Balaban J connectivity index is 1.62. The molecule has 0 saturated carbocycles. The van der Waals surface area contributed by atoms with Gasteiger partial charge in [0, 0.05) is 6.42 Å². The van der Waals surface area contributed by atoms with Crippen molar-refractivity contribution in [1.29, 1.82) is 0 Å². The van der Waals surface area contributed by atoms with E-state index in [0.29, 0.717) is 6.42 Å². The summed E-state index contributed by atoms with van der Waals surface area (Å²) in [6.07, 6.45) is 5.04. The predicted molar refractivity (Wildman–Crippen MR) is 72.7 cm³/mol. The summed E-state index contributed by atoms with van der Waals surface area (Å²) < 4.78 is 10.6. The van der Waals surface area contributed by atoms with Gasteiger partial charge in [0.2, 0.25) is 6.79 Å². The number of fused-ring (bicyclic) bond motifs is 1.